The van der Waals surface area contributed by atoms with Crippen LogP contribution in [-0.2, 0) is 22.5 Å². The molecule has 0 radical (unpaired) electrons. The van der Waals surface area contributed by atoms with Gasteiger partial charge in [0.2, 0.25) is 5.91 Å². The molecule has 1 aliphatic heterocycles. The molecule has 3 N–H and O–H groups in total. The summed E-state index contributed by atoms with van der Waals surface area (Å²) in [6, 6.07) is 8.80. The Balaban J connectivity index is 1.49. The summed E-state index contributed by atoms with van der Waals surface area (Å²) in [7, 11) is 0. The lowest BCUT2D eigenvalue weighted by Crippen LogP contribution is -2.39. The molecule has 3 aromatic rings. The van der Waals surface area contributed by atoms with Crippen LogP contribution in [0.4, 0.5) is 15.5 Å². The van der Waals surface area contributed by atoms with Crippen LogP contribution in [0.15, 0.2) is 29.2 Å². The first-order valence-electron chi connectivity index (χ1n) is 14.1. The van der Waals surface area contributed by atoms with E-state index in [2.05, 4.69) is 16.7 Å². The van der Waals surface area contributed by atoms with Crippen molar-refractivity contribution >= 4 is 104 Å². The highest BCUT2D eigenvalue weighted by molar-refractivity contribution is 8.00. The fourth-order valence-electron chi connectivity index (χ4n) is 4.66. The van der Waals surface area contributed by atoms with Gasteiger partial charge in [-0.2, -0.15) is 5.26 Å². The van der Waals surface area contributed by atoms with E-state index in [0.29, 0.717) is 34.8 Å². The summed E-state index contributed by atoms with van der Waals surface area (Å²) in [4.78, 5) is 54.2. The van der Waals surface area contributed by atoms with Gasteiger partial charge in [0.25, 0.3) is 5.91 Å². The predicted molar refractivity (Wildman–Crippen MR) is 186 cm³/mol. The van der Waals surface area contributed by atoms with Gasteiger partial charge < -0.3 is 25.4 Å². The highest BCUT2D eigenvalue weighted by Crippen LogP contribution is 2.42. The Morgan fingerprint density at radius 1 is 1.09 bits per heavy atom. The van der Waals surface area contributed by atoms with Gasteiger partial charge in [-0.05, 0) is 57.4 Å². The van der Waals surface area contributed by atoms with E-state index in [-0.39, 0.29) is 33.2 Å². The number of anilines is 2. The van der Waals surface area contributed by atoms with Gasteiger partial charge in [0.15, 0.2) is 0 Å². The van der Waals surface area contributed by atoms with E-state index >= 15 is 0 Å². The number of thiophene rings is 1. The fraction of sp³-hybridized carbons (Fsp3) is 0.323. The number of hydrogen-bond acceptors (Lipinski definition) is 8. The summed E-state index contributed by atoms with van der Waals surface area (Å²) in [6.07, 6.45) is 0.459. The molecule has 16 heteroatoms. The number of carboxylic acids is 1. The molecule has 248 valence electrons. The molecule has 2 aromatic carbocycles. The molecule has 10 nitrogen and oxygen atoms in total. The molecule has 4 rings (SSSR count). The molecule has 1 atom stereocenters. The van der Waals surface area contributed by atoms with Gasteiger partial charge in [0.05, 0.1) is 48.6 Å². The summed E-state index contributed by atoms with van der Waals surface area (Å²) < 4.78 is 5.49. The van der Waals surface area contributed by atoms with Crippen LogP contribution in [0.2, 0.25) is 20.1 Å². The summed E-state index contributed by atoms with van der Waals surface area (Å²) in [5, 5.41) is 23.6. The molecule has 1 aliphatic rings. The maximum Gasteiger partial charge on any atom is 0.410 e. The van der Waals surface area contributed by atoms with Gasteiger partial charge in [0.1, 0.15) is 16.7 Å². The number of amides is 3. The quantitative estimate of drug-likeness (QED) is 0.117. The van der Waals surface area contributed by atoms with Crippen molar-refractivity contribution in [1.29, 1.82) is 5.26 Å². The highest BCUT2D eigenvalue weighted by Gasteiger charge is 2.32. The molecule has 0 saturated heterocycles. The Hall–Kier alpha value is -3.18. The number of fused-ring (bicyclic) bond motifs is 1. The van der Waals surface area contributed by atoms with Gasteiger partial charge in [-0.15, -0.1) is 23.1 Å². The average Bonchev–Trinajstić information content (AvgIpc) is 3.35. The molecular formula is C31H28Cl4N4O6S2. The zero-order valence-electron chi connectivity index (χ0n) is 25.4. The van der Waals surface area contributed by atoms with E-state index in [0.717, 1.165) is 10.4 Å². The van der Waals surface area contributed by atoms with Crippen LogP contribution < -0.4 is 10.6 Å². The second-order valence-electron chi connectivity index (χ2n) is 11.3. The first-order chi connectivity index (χ1) is 22.1. The number of benzene rings is 2. The molecule has 0 bridgehead atoms. The number of nitriles is 1. The van der Waals surface area contributed by atoms with Crippen molar-refractivity contribution in [2.75, 3.05) is 17.2 Å². The molecule has 3 amide bonds. The molecule has 0 spiro atoms. The second-order valence-corrected chi connectivity index (χ2v) is 15.2. The van der Waals surface area contributed by atoms with Gasteiger partial charge in [0, 0.05) is 22.0 Å². The number of carbonyl (C=O) groups excluding carboxylic acids is 3. The van der Waals surface area contributed by atoms with Gasteiger partial charge in [-0.3, -0.25) is 9.59 Å². The smallest absolute Gasteiger partial charge is 0.410 e. The Morgan fingerprint density at radius 3 is 2.34 bits per heavy atom. The molecule has 2 heterocycles. The summed E-state index contributed by atoms with van der Waals surface area (Å²) in [6.45, 7) is 7.89. The minimum Gasteiger partial charge on any atom is -0.478 e. The van der Waals surface area contributed by atoms with E-state index in [1.165, 1.54) is 23.1 Å². The maximum absolute atomic E-state index is 13.4. The number of ether oxygens (including phenoxy) is 1. The SMILES string of the molecule is CCC(Sc1cccc(NC(=O)c2c(Cl)c(Cl)c(Cl)c(Cl)c2C(=O)O)c1)C(=O)Nc1sc2c(c1C#N)CCN(C(=O)OC(C)(C)C)C2. The number of halogens is 4. The lowest BCUT2D eigenvalue weighted by atomic mass is 10.0. The van der Waals surface area contributed by atoms with Crippen molar-refractivity contribution < 1.29 is 29.0 Å². The van der Waals surface area contributed by atoms with Gasteiger partial charge in [-0.25, -0.2) is 9.59 Å². The number of aromatic carboxylic acids is 1. The Labute approximate surface area is 299 Å². The summed E-state index contributed by atoms with van der Waals surface area (Å²) in [5.41, 5.74) is -0.208. The minimum atomic E-state index is -1.52. The predicted octanol–water partition coefficient (Wildman–Crippen LogP) is 8.99. The third kappa shape index (κ3) is 8.28. The van der Waals surface area contributed by atoms with Crippen molar-refractivity contribution in [2.24, 2.45) is 0 Å². The molecule has 1 unspecified atom stereocenters. The zero-order valence-corrected chi connectivity index (χ0v) is 30.1. The maximum atomic E-state index is 13.4. The van der Waals surface area contributed by atoms with Crippen LogP contribution >= 0.6 is 69.5 Å². The number of carbonyl (C=O) groups is 4. The molecule has 0 saturated carbocycles. The Kier molecular flexibility index (Phi) is 11.6. The Morgan fingerprint density at radius 2 is 1.74 bits per heavy atom. The van der Waals surface area contributed by atoms with Crippen molar-refractivity contribution in [1.82, 2.24) is 4.90 Å². The fourth-order valence-corrected chi connectivity index (χ4v) is 7.91. The minimum absolute atomic E-state index is 0.263. The summed E-state index contributed by atoms with van der Waals surface area (Å²) >= 11 is 26.9. The Bertz CT molecular complexity index is 1820. The molecular weight excluding hydrogens is 730 g/mol. The van der Waals surface area contributed by atoms with Crippen LogP contribution in [0.3, 0.4) is 0 Å². The van der Waals surface area contributed by atoms with E-state index in [4.69, 9.17) is 51.1 Å². The first-order valence-corrected chi connectivity index (χ1v) is 17.3. The topological polar surface area (TPSA) is 149 Å². The molecule has 47 heavy (non-hydrogen) atoms. The number of rotatable bonds is 8. The van der Waals surface area contributed by atoms with Crippen LogP contribution in [0.5, 0.6) is 0 Å². The standard InChI is InChI=1S/C31H28Cl4N4O6S2/c1-5-18(26(40)38-28-17(12-36)16-9-10-39(13-19(16)47-28)30(44)45-31(2,3)4)46-15-8-6-7-14(11-15)37-27(41)20-21(29(42)43)23(33)25(35)24(34)22(20)32/h6-8,11,18H,5,9-10,13H2,1-4H3,(H,37,41)(H,38,40)(H,42,43). The van der Waals surface area contributed by atoms with Crippen molar-refractivity contribution in [3.8, 4) is 6.07 Å². The number of nitrogens with zero attached hydrogens (tertiary/aromatic N) is 2. The second kappa shape index (κ2) is 14.9. The van der Waals surface area contributed by atoms with E-state index in [1.54, 1.807) is 49.9 Å². The first kappa shape index (κ1) is 36.7. The number of carboxylic acid groups (broad SMARTS) is 1. The normalized spacial score (nSPS) is 13.3. The van der Waals surface area contributed by atoms with E-state index < -0.39 is 45.0 Å². The van der Waals surface area contributed by atoms with Crippen LogP contribution in [-0.4, -0.2) is 51.3 Å². The third-order valence-corrected chi connectivity index (χ3v) is 11.1. The van der Waals surface area contributed by atoms with Crippen molar-refractivity contribution in [3.05, 3.63) is 71.5 Å². The van der Waals surface area contributed by atoms with Gasteiger partial charge in [-0.1, -0.05) is 59.4 Å². The van der Waals surface area contributed by atoms with Gasteiger partial charge >= 0.3 is 12.1 Å². The third-order valence-electron chi connectivity index (χ3n) is 6.80. The van der Waals surface area contributed by atoms with Crippen molar-refractivity contribution in [2.45, 2.75) is 62.8 Å². The molecule has 1 aromatic heterocycles. The number of nitrogens with one attached hydrogen (secondary N) is 2. The van der Waals surface area contributed by atoms with E-state index in [1.807, 2.05) is 6.92 Å². The average molecular weight is 759 g/mol. The monoisotopic (exact) mass is 756 g/mol. The molecule has 0 fully saturated rings. The lowest BCUT2D eigenvalue weighted by Gasteiger charge is -2.29. The van der Waals surface area contributed by atoms with E-state index in [9.17, 15) is 29.5 Å². The number of hydrogen-bond donors (Lipinski definition) is 3. The largest absolute Gasteiger partial charge is 0.478 e. The lowest BCUT2D eigenvalue weighted by molar-refractivity contribution is -0.115. The molecule has 0 aliphatic carbocycles. The van der Waals surface area contributed by atoms with Crippen molar-refractivity contribution in [3.63, 3.8) is 0 Å². The zero-order chi connectivity index (χ0) is 34.8. The number of thioether (sulfide) groups is 1. The van der Waals surface area contributed by atoms with Crippen LogP contribution in [0.1, 0.15) is 70.8 Å². The van der Waals surface area contributed by atoms with Crippen LogP contribution in [0, 0.1) is 11.3 Å². The summed E-state index contributed by atoms with van der Waals surface area (Å²) in [5.74, 6) is -2.72. The highest BCUT2D eigenvalue weighted by atomic mass is 35.5. The van der Waals surface area contributed by atoms with Crippen LogP contribution in [0.25, 0.3) is 0 Å².